The highest BCUT2D eigenvalue weighted by molar-refractivity contribution is 8.31. The Labute approximate surface area is 134 Å². The molecule has 0 aromatic heterocycles. The molecule has 0 fully saturated rings. The number of hydrogen-bond donors (Lipinski definition) is 0. The number of carbonyl (C=O) groups is 1. The summed E-state index contributed by atoms with van der Waals surface area (Å²) >= 11 is 0. The monoisotopic (exact) mass is 360 g/mol. The fourth-order valence-electron chi connectivity index (χ4n) is 1.47. The first kappa shape index (κ1) is 19.0. The molecule has 10 heteroatoms. The molecule has 0 radical (unpaired) electrons. The summed E-state index contributed by atoms with van der Waals surface area (Å²) in [6.07, 6.45) is 0. The summed E-state index contributed by atoms with van der Waals surface area (Å²) in [5.74, 6) is -0.494. The zero-order chi connectivity index (χ0) is 18.1. The lowest BCUT2D eigenvalue weighted by molar-refractivity contribution is -0.131. The van der Waals surface area contributed by atoms with Crippen LogP contribution in [0.25, 0.3) is 5.53 Å². The van der Waals surface area contributed by atoms with Gasteiger partial charge in [0.1, 0.15) is 5.75 Å². The molecule has 0 aliphatic carbocycles. The van der Waals surface area contributed by atoms with Crippen LogP contribution in [0, 0.1) is 0 Å². The third-order valence-electron chi connectivity index (χ3n) is 2.74. The van der Waals surface area contributed by atoms with E-state index in [0.29, 0.717) is 0 Å². The van der Waals surface area contributed by atoms with Gasteiger partial charge in [-0.3, -0.25) is 4.79 Å². The molecule has 1 aromatic rings. The molecular weight excluding hydrogens is 344 g/mol. The van der Waals surface area contributed by atoms with Crippen LogP contribution < -0.4 is 4.74 Å². The van der Waals surface area contributed by atoms with E-state index >= 15 is 0 Å². The van der Waals surface area contributed by atoms with Gasteiger partial charge in [-0.05, 0) is 45.0 Å². The highest BCUT2D eigenvalue weighted by Gasteiger charge is 2.49. The first-order chi connectivity index (χ1) is 10.3. The van der Waals surface area contributed by atoms with Crippen LogP contribution in [0.3, 0.4) is 0 Å². The Morgan fingerprint density at radius 1 is 1.09 bits per heavy atom. The van der Waals surface area contributed by atoms with Crippen molar-refractivity contribution in [2.75, 3.05) is 0 Å². The van der Waals surface area contributed by atoms with Crippen LogP contribution in [-0.2, 0) is 24.5 Å². The van der Waals surface area contributed by atoms with Gasteiger partial charge in [0.25, 0.3) is 19.7 Å². The number of rotatable bonds is 2. The molecule has 0 bridgehead atoms. The molecule has 0 spiro atoms. The molecule has 126 valence electrons. The molecular formula is C13H16N2O6S2. The third-order valence-corrected chi connectivity index (χ3v) is 7.65. The Bertz CT molecular complexity index is 871. The van der Waals surface area contributed by atoms with E-state index in [1.165, 1.54) is 39.8 Å². The smallest absolute Gasteiger partial charge is 0.427 e. The maximum atomic E-state index is 12.4. The number of carbonyl (C=O) groups excluding carboxylic acids is 1. The minimum atomic E-state index is -4.57. The lowest BCUT2D eigenvalue weighted by Crippen LogP contribution is -2.39. The quantitative estimate of drug-likeness (QED) is 0.194. The zero-order valence-electron chi connectivity index (χ0n) is 13.0. The van der Waals surface area contributed by atoms with Crippen molar-refractivity contribution in [1.29, 1.82) is 0 Å². The Kier molecular flexibility index (Phi) is 5.15. The van der Waals surface area contributed by atoms with Crippen molar-refractivity contribution < 1.29 is 31.2 Å². The molecule has 23 heavy (non-hydrogen) atoms. The largest absolute Gasteiger partial charge is 0.500 e. The van der Waals surface area contributed by atoms with Gasteiger partial charge in [0.05, 0.1) is 9.64 Å². The summed E-state index contributed by atoms with van der Waals surface area (Å²) in [6, 6.07) is 4.48. The Morgan fingerprint density at radius 3 is 1.91 bits per heavy atom. The van der Waals surface area contributed by atoms with Crippen molar-refractivity contribution in [3.05, 3.63) is 29.8 Å². The molecule has 0 heterocycles. The molecule has 1 aromatic carbocycles. The van der Waals surface area contributed by atoms with E-state index in [0.717, 1.165) is 12.1 Å². The second kappa shape index (κ2) is 6.23. The van der Waals surface area contributed by atoms with Crippen molar-refractivity contribution in [3.8, 4) is 5.75 Å². The standard InChI is InChI=1S/C13H16N2O6S2/c1-9(16)21-10-5-7-11(8-6-10)22(17,18)12(15-14)23(19,20)13(2,3)4/h5-8H,1-4H3. The van der Waals surface area contributed by atoms with E-state index < -0.39 is 39.7 Å². The van der Waals surface area contributed by atoms with Gasteiger partial charge in [-0.2, -0.15) is 0 Å². The summed E-state index contributed by atoms with van der Waals surface area (Å²) < 4.78 is 51.3. The van der Waals surface area contributed by atoms with E-state index in [1.54, 1.807) is 0 Å². The number of sulfone groups is 2. The highest BCUT2D eigenvalue weighted by Crippen LogP contribution is 2.24. The summed E-state index contributed by atoms with van der Waals surface area (Å²) in [7, 11) is -8.96. The topological polar surface area (TPSA) is 131 Å². The number of hydrogen-bond acceptors (Lipinski definition) is 6. The summed E-state index contributed by atoms with van der Waals surface area (Å²) in [5, 5.41) is 0. The van der Waals surface area contributed by atoms with E-state index in [9.17, 15) is 21.6 Å². The van der Waals surface area contributed by atoms with Crippen LogP contribution in [0.4, 0.5) is 0 Å². The van der Waals surface area contributed by atoms with Crippen LogP contribution in [0.1, 0.15) is 27.7 Å². The minimum Gasteiger partial charge on any atom is -0.427 e. The van der Waals surface area contributed by atoms with Gasteiger partial charge >= 0.3 is 10.3 Å². The minimum absolute atomic E-state index is 0.0950. The lowest BCUT2D eigenvalue weighted by atomic mass is 10.3. The number of esters is 1. The first-order valence-corrected chi connectivity index (χ1v) is 9.31. The van der Waals surface area contributed by atoms with Crippen molar-refractivity contribution in [1.82, 2.24) is 0 Å². The molecule has 0 N–H and O–H groups in total. The lowest BCUT2D eigenvalue weighted by Gasteiger charge is -2.15. The van der Waals surface area contributed by atoms with E-state index in [-0.39, 0.29) is 5.75 Å². The Morgan fingerprint density at radius 2 is 1.57 bits per heavy atom. The van der Waals surface area contributed by atoms with Gasteiger partial charge in [0.15, 0.2) is 0 Å². The van der Waals surface area contributed by atoms with E-state index in [4.69, 9.17) is 10.3 Å². The molecule has 0 saturated carbocycles. The average Bonchev–Trinajstić information content (AvgIpc) is 2.37. The zero-order valence-corrected chi connectivity index (χ0v) is 14.6. The SMILES string of the molecule is CC(=O)Oc1ccc(S(=O)(=O)C(=[N+]=[N-])S(=O)(=O)C(C)(C)C)cc1. The molecule has 0 aliphatic heterocycles. The highest BCUT2D eigenvalue weighted by atomic mass is 32.3. The molecule has 0 saturated heterocycles. The third kappa shape index (κ3) is 3.84. The molecule has 1 rings (SSSR count). The van der Waals surface area contributed by atoms with Crippen molar-refractivity contribution in [3.63, 3.8) is 0 Å². The van der Waals surface area contributed by atoms with Gasteiger partial charge in [-0.25, -0.2) is 16.8 Å². The Balaban J connectivity index is 3.41. The van der Waals surface area contributed by atoms with Gasteiger partial charge < -0.3 is 10.3 Å². The van der Waals surface area contributed by atoms with Gasteiger partial charge in [0.2, 0.25) is 0 Å². The second-order valence-corrected chi connectivity index (χ2v) is 10.3. The second-order valence-electron chi connectivity index (χ2n) is 5.55. The summed E-state index contributed by atoms with van der Waals surface area (Å²) in [6.45, 7) is 5.03. The molecule has 0 aliphatic rings. The van der Waals surface area contributed by atoms with Crippen LogP contribution in [0.15, 0.2) is 29.2 Å². The van der Waals surface area contributed by atoms with Gasteiger partial charge in [-0.15, -0.1) is 4.79 Å². The van der Waals surface area contributed by atoms with Crippen LogP contribution in [0.5, 0.6) is 5.75 Å². The summed E-state index contributed by atoms with van der Waals surface area (Å²) in [5.41, 5.74) is 8.96. The predicted molar refractivity (Wildman–Crippen MR) is 82.2 cm³/mol. The van der Waals surface area contributed by atoms with Gasteiger partial charge in [-0.1, -0.05) is 0 Å². The molecule has 0 atom stereocenters. The van der Waals surface area contributed by atoms with Gasteiger partial charge in [0, 0.05) is 6.92 Å². The van der Waals surface area contributed by atoms with E-state index in [2.05, 4.69) is 4.79 Å². The maximum absolute atomic E-state index is 12.4. The van der Waals surface area contributed by atoms with Crippen LogP contribution in [0.2, 0.25) is 0 Å². The summed E-state index contributed by atoms with van der Waals surface area (Å²) in [4.78, 5) is 12.9. The average molecular weight is 360 g/mol. The first-order valence-electron chi connectivity index (χ1n) is 6.34. The van der Waals surface area contributed by atoms with Crippen molar-refractivity contribution in [2.45, 2.75) is 37.3 Å². The van der Waals surface area contributed by atoms with Crippen LogP contribution >= 0.6 is 0 Å². The molecule has 0 amide bonds. The van der Waals surface area contributed by atoms with Crippen molar-refractivity contribution >= 4 is 30.0 Å². The fourth-order valence-corrected chi connectivity index (χ4v) is 5.10. The predicted octanol–water partition coefficient (Wildman–Crippen LogP) is 1.18. The number of ether oxygens (including phenoxy) is 1. The maximum Gasteiger partial charge on any atom is 0.500 e. The van der Waals surface area contributed by atoms with E-state index in [1.807, 2.05) is 0 Å². The number of nitrogens with zero attached hydrogens (tertiary/aromatic N) is 2. The Hall–Kier alpha value is -2.03. The van der Waals surface area contributed by atoms with Crippen molar-refractivity contribution in [2.24, 2.45) is 0 Å². The normalized spacial score (nSPS) is 12.3. The number of benzene rings is 1. The van der Waals surface area contributed by atoms with Crippen LogP contribution in [-0.4, -0.2) is 36.7 Å². The molecule has 0 unspecified atom stereocenters. The fraction of sp³-hybridized carbons (Fsp3) is 0.385. The molecule has 8 nitrogen and oxygen atoms in total.